The molecule has 7 heteroatoms. The van der Waals surface area contributed by atoms with Crippen LogP contribution in [0.2, 0.25) is 5.02 Å². The van der Waals surface area contributed by atoms with Gasteiger partial charge in [-0.05, 0) is 78.2 Å². The molecule has 0 amide bonds. The normalized spacial score (nSPS) is 17.1. The summed E-state index contributed by atoms with van der Waals surface area (Å²) in [4.78, 5) is 4.42. The van der Waals surface area contributed by atoms with Crippen molar-refractivity contribution < 1.29 is 13.2 Å². The molecule has 0 spiro atoms. The van der Waals surface area contributed by atoms with Gasteiger partial charge in [0.2, 0.25) is 0 Å². The van der Waals surface area contributed by atoms with Crippen molar-refractivity contribution in [2.24, 2.45) is 5.92 Å². The highest BCUT2D eigenvalue weighted by Gasteiger charge is 2.36. The number of rotatable bonds is 7. The van der Waals surface area contributed by atoms with E-state index in [0.717, 1.165) is 43.4 Å². The van der Waals surface area contributed by atoms with Gasteiger partial charge in [0, 0.05) is 32.9 Å². The number of likely N-dealkylation sites (tertiary alicyclic amines) is 1. The predicted octanol–water partition coefficient (Wildman–Crippen LogP) is 7.14. The largest absolute Gasteiger partial charge is 0.416 e. The van der Waals surface area contributed by atoms with Crippen LogP contribution in [-0.4, -0.2) is 32.1 Å². The molecular formula is C29H29ClF3N3. The lowest BCUT2D eigenvalue weighted by molar-refractivity contribution is -0.138. The zero-order valence-electron chi connectivity index (χ0n) is 20.4. The van der Waals surface area contributed by atoms with Crippen molar-refractivity contribution in [3.05, 3.63) is 99.6 Å². The lowest BCUT2D eigenvalue weighted by atomic mass is 9.80. The first-order valence-electron chi connectivity index (χ1n) is 12.0. The van der Waals surface area contributed by atoms with Crippen molar-refractivity contribution in [2.45, 2.75) is 31.5 Å². The Kier molecular flexibility index (Phi) is 7.92. The number of hydrogen-bond acceptors (Lipinski definition) is 3. The smallest absolute Gasteiger partial charge is 0.378 e. The van der Waals surface area contributed by atoms with Gasteiger partial charge in [0.15, 0.2) is 0 Å². The maximum absolute atomic E-state index is 13.8. The first-order valence-corrected chi connectivity index (χ1v) is 12.4. The highest BCUT2D eigenvalue weighted by molar-refractivity contribution is 6.31. The number of nitriles is 1. The number of anilines is 1. The molecule has 1 unspecified atom stereocenters. The van der Waals surface area contributed by atoms with Crippen molar-refractivity contribution in [3.8, 4) is 6.07 Å². The van der Waals surface area contributed by atoms with Crippen LogP contribution < -0.4 is 4.90 Å². The van der Waals surface area contributed by atoms with Crippen molar-refractivity contribution in [1.82, 2.24) is 4.90 Å². The maximum Gasteiger partial charge on any atom is 0.416 e. The number of nitrogens with zero attached hydrogens (tertiary/aromatic N) is 3. The molecule has 0 bridgehead atoms. The molecule has 0 radical (unpaired) electrons. The SMILES string of the molecule is CN(C)c1ccc(CN2CC[C@H](C(Cc3ccccc3C(F)(F)F)c3ccc(C#N)c(Cl)c3)C2)cc1. The van der Waals surface area contributed by atoms with E-state index in [9.17, 15) is 18.4 Å². The molecule has 188 valence electrons. The Bertz CT molecular complexity index is 1230. The van der Waals surface area contributed by atoms with Crippen molar-refractivity contribution in [1.29, 1.82) is 5.26 Å². The summed E-state index contributed by atoms with van der Waals surface area (Å²) in [5.41, 5.74) is 3.28. The predicted molar refractivity (Wildman–Crippen MR) is 138 cm³/mol. The van der Waals surface area contributed by atoms with Crippen LogP contribution >= 0.6 is 11.6 Å². The standard InChI is InChI=1S/C29H29ClF3N3/c1-35(2)25-11-7-20(8-12-25)18-36-14-13-24(19-36)26(21-9-10-23(17-34)28(30)16-21)15-22-5-3-4-6-27(22)29(31,32)33/h3-12,16,24,26H,13-15,18-19H2,1-2H3/t24-,26?/m0/s1. The fourth-order valence-electron chi connectivity index (χ4n) is 5.11. The molecular weight excluding hydrogens is 483 g/mol. The molecule has 0 saturated carbocycles. The summed E-state index contributed by atoms with van der Waals surface area (Å²) in [6.45, 7) is 2.46. The highest BCUT2D eigenvalue weighted by Crippen LogP contribution is 2.40. The van der Waals surface area contributed by atoms with Gasteiger partial charge in [-0.3, -0.25) is 4.90 Å². The van der Waals surface area contributed by atoms with Crippen molar-refractivity contribution >= 4 is 17.3 Å². The summed E-state index contributed by atoms with van der Waals surface area (Å²) < 4.78 is 41.3. The molecule has 1 heterocycles. The van der Waals surface area contributed by atoms with Crippen LogP contribution in [0.5, 0.6) is 0 Å². The van der Waals surface area contributed by atoms with Gasteiger partial charge < -0.3 is 4.90 Å². The lowest BCUT2D eigenvalue weighted by Crippen LogP contribution is -2.24. The second-order valence-corrected chi connectivity index (χ2v) is 10.1. The average Bonchev–Trinajstić information content (AvgIpc) is 3.30. The molecule has 1 aliphatic rings. The zero-order chi connectivity index (χ0) is 25.9. The molecule has 1 aliphatic heterocycles. The van der Waals surface area contributed by atoms with Crippen LogP contribution in [-0.2, 0) is 19.1 Å². The molecule has 3 aromatic carbocycles. The molecule has 1 fully saturated rings. The van der Waals surface area contributed by atoms with Crippen LogP contribution in [0.4, 0.5) is 18.9 Å². The molecule has 0 N–H and O–H groups in total. The van der Waals surface area contributed by atoms with Crippen molar-refractivity contribution in [3.63, 3.8) is 0 Å². The number of alkyl halides is 3. The first-order chi connectivity index (χ1) is 17.2. The van der Waals surface area contributed by atoms with E-state index in [0.29, 0.717) is 10.6 Å². The minimum atomic E-state index is -4.41. The Morgan fingerprint density at radius 1 is 1.08 bits per heavy atom. The van der Waals surface area contributed by atoms with E-state index < -0.39 is 11.7 Å². The van der Waals surface area contributed by atoms with Crippen LogP contribution in [0.25, 0.3) is 0 Å². The number of benzene rings is 3. The third kappa shape index (κ3) is 6.03. The summed E-state index contributed by atoms with van der Waals surface area (Å²) in [6, 6.07) is 21.6. The van der Waals surface area contributed by atoms with E-state index in [-0.39, 0.29) is 23.8 Å². The molecule has 0 aliphatic carbocycles. The third-order valence-corrected chi connectivity index (χ3v) is 7.35. The fraction of sp³-hybridized carbons (Fsp3) is 0.345. The topological polar surface area (TPSA) is 30.3 Å². The van der Waals surface area contributed by atoms with Gasteiger partial charge in [-0.25, -0.2) is 0 Å². The minimum absolute atomic E-state index is 0.153. The Balaban J connectivity index is 1.59. The fourth-order valence-corrected chi connectivity index (χ4v) is 5.34. The quantitative estimate of drug-likeness (QED) is 0.337. The Hall–Kier alpha value is -3.01. The summed E-state index contributed by atoms with van der Waals surface area (Å²) in [5.74, 6) is 0.0104. The molecule has 3 aromatic rings. The van der Waals surface area contributed by atoms with Gasteiger partial charge in [-0.1, -0.05) is 48.0 Å². The lowest BCUT2D eigenvalue weighted by Gasteiger charge is -2.26. The minimum Gasteiger partial charge on any atom is -0.378 e. The van der Waals surface area contributed by atoms with Gasteiger partial charge in [-0.2, -0.15) is 18.4 Å². The summed E-state index contributed by atoms with van der Waals surface area (Å²) in [6.07, 6.45) is -3.27. The first kappa shape index (κ1) is 26.1. The Morgan fingerprint density at radius 2 is 1.81 bits per heavy atom. The highest BCUT2D eigenvalue weighted by atomic mass is 35.5. The summed E-state index contributed by atoms with van der Waals surface area (Å²) >= 11 is 6.34. The monoisotopic (exact) mass is 511 g/mol. The third-order valence-electron chi connectivity index (χ3n) is 7.04. The Labute approximate surface area is 215 Å². The second kappa shape index (κ2) is 10.9. The van der Waals surface area contributed by atoms with Gasteiger partial charge in [0.05, 0.1) is 16.1 Å². The van der Waals surface area contributed by atoms with Gasteiger partial charge in [0.1, 0.15) is 6.07 Å². The molecule has 1 saturated heterocycles. The molecule has 0 aromatic heterocycles. The van der Waals surface area contributed by atoms with E-state index in [4.69, 9.17) is 11.6 Å². The maximum atomic E-state index is 13.8. The van der Waals surface area contributed by atoms with E-state index in [1.165, 1.54) is 11.6 Å². The summed E-state index contributed by atoms with van der Waals surface area (Å²) in [5, 5.41) is 9.61. The van der Waals surface area contributed by atoms with Crippen LogP contribution in [0.15, 0.2) is 66.7 Å². The Morgan fingerprint density at radius 3 is 2.44 bits per heavy atom. The second-order valence-electron chi connectivity index (χ2n) is 9.66. The molecule has 3 nitrogen and oxygen atoms in total. The van der Waals surface area contributed by atoms with Gasteiger partial charge >= 0.3 is 6.18 Å². The van der Waals surface area contributed by atoms with E-state index >= 15 is 0 Å². The number of halogens is 4. The van der Waals surface area contributed by atoms with Crippen LogP contribution in [0.3, 0.4) is 0 Å². The van der Waals surface area contributed by atoms with Crippen molar-refractivity contribution in [2.75, 3.05) is 32.1 Å². The van der Waals surface area contributed by atoms with Gasteiger partial charge in [-0.15, -0.1) is 0 Å². The van der Waals surface area contributed by atoms with E-state index in [2.05, 4.69) is 40.1 Å². The molecule has 4 rings (SSSR count). The van der Waals surface area contributed by atoms with E-state index in [1.807, 2.05) is 20.2 Å². The molecule has 36 heavy (non-hydrogen) atoms. The average molecular weight is 512 g/mol. The van der Waals surface area contributed by atoms with Crippen LogP contribution in [0.1, 0.15) is 40.2 Å². The number of hydrogen-bond donors (Lipinski definition) is 0. The summed E-state index contributed by atoms with van der Waals surface area (Å²) in [7, 11) is 4.01. The zero-order valence-corrected chi connectivity index (χ0v) is 21.2. The van der Waals surface area contributed by atoms with Gasteiger partial charge in [0.25, 0.3) is 0 Å². The molecule has 2 atom stereocenters. The van der Waals surface area contributed by atoms with Crippen LogP contribution in [0, 0.1) is 17.2 Å². The van der Waals surface area contributed by atoms with E-state index in [1.54, 1.807) is 24.3 Å².